The van der Waals surface area contributed by atoms with Crippen molar-refractivity contribution in [2.45, 2.75) is 0 Å². The average molecular weight is 224 g/mol. The summed E-state index contributed by atoms with van der Waals surface area (Å²) in [7, 11) is 3.18. The van der Waals surface area contributed by atoms with Gasteiger partial charge in [-0.25, -0.2) is 0 Å². The summed E-state index contributed by atoms with van der Waals surface area (Å²) in [5, 5.41) is 12.5. The standard InChI is InChI=1S/C11H16N2O3/c1-15-10-4-3-9(7-11(10)16-2)8-13-12-5-6-14/h3-4,7-8,12,14H,5-6H2,1-2H3/b13-8-. The first-order chi connectivity index (χ1) is 7.81. The highest BCUT2D eigenvalue weighted by molar-refractivity contribution is 5.80. The largest absolute Gasteiger partial charge is 0.493 e. The van der Waals surface area contributed by atoms with E-state index in [1.807, 2.05) is 18.2 Å². The van der Waals surface area contributed by atoms with Gasteiger partial charge in [-0.1, -0.05) is 0 Å². The molecule has 0 saturated heterocycles. The fourth-order valence-corrected chi connectivity index (χ4v) is 1.17. The molecule has 5 heteroatoms. The highest BCUT2D eigenvalue weighted by Crippen LogP contribution is 2.26. The summed E-state index contributed by atoms with van der Waals surface area (Å²) in [5.74, 6) is 1.34. The van der Waals surface area contributed by atoms with Gasteiger partial charge in [0.1, 0.15) is 0 Å². The number of methoxy groups -OCH3 is 2. The van der Waals surface area contributed by atoms with E-state index in [4.69, 9.17) is 14.6 Å². The van der Waals surface area contributed by atoms with Crippen LogP contribution in [0, 0.1) is 0 Å². The van der Waals surface area contributed by atoms with Crippen LogP contribution in [0.4, 0.5) is 0 Å². The number of ether oxygens (including phenoxy) is 2. The third kappa shape index (κ3) is 3.43. The Morgan fingerprint density at radius 1 is 1.31 bits per heavy atom. The van der Waals surface area contributed by atoms with E-state index in [1.165, 1.54) is 0 Å². The summed E-state index contributed by atoms with van der Waals surface area (Å²) in [6.45, 7) is 0.493. The Labute approximate surface area is 94.7 Å². The van der Waals surface area contributed by atoms with Crippen LogP contribution in [0.5, 0.6) is 11.5 Å². The molecule has 88 valence electrons. The quantitative estimate of drug-likeness (QED) is 0.422. The zero-order valence-electron chi connectivity index (χ0n) is 9.43. The first kappa shape index (κ1) is 12.3. The van der Waals surface area contributed by atoms with Crippen molar-refractivity contribution in [3.8, 4) is 11.5 Å². The molecule has 0 bridgehead atoms. The predicted molar refractivity (Wildman–Crippen MR) is 62.2 cm³/mol. The number of rotatable bonds is 6. The van der Waals surface area contributed by atoms with Gasteiger partial charge in [0.25, 0.3) is 0 Å². The smallest absolute Gasteiger partial charge is 0.161 e. The van der Waals surface area contributed by atoms with Crippen molar-refractivity contribution in [2.75, 3.05) is 27.4 Å². The van der Waals surface area contributed by atoms with E-state index >= 15 is 0 Å². The van der Waals surface area contributed by atoms with E-state index in [1.54, 1.807) is 20.4 Å². The van der Waals surface area contributed by atoms with Gasteiger partial charge in [-0.15, -0.1) is 0 Å². The highest BCUT2D eigenvalue weighted by Gasteiger charge is 2.02. The van der Waals surface area contributed by atoms with Gasteiger partial charge < -0.3 is 20.0 Å². The molecule has 0 amide bonds. The Kier molecular flexibility index (Phi) is 5.15. The van der Waals surface area contributed by atoms with Crippen molar-refractivity contribution in [3.63, 3.8) is 0 Å². The summed E-state index contributed by atoms with van der Waals surface area (Å²) in [4.78, 5) is 0. The Morgan fingerprint density at radius 2 is 2.06 bits per heavy atom. The van der Waals surface area contributed by atoms with E-state index in [0.717, 1.165) is 5.56 Å². The molecule has 0 unspecified atom stereocenters. The second-order valence-corrected chi connectivity index (χ2v) is 3.00. The molecule has 0 aliphatic carbocycles. The Hall–Kier alpha value is -1.75. The first-order valence-corrected chi connectivity index (χ1v) is 4.90. The number of aliphatic hydroxyl groups excluding tert-OH is 1. The molecule has 5 nitrogen and oxygen atoms in total. The van der Waals surface area contributed by atoms with Gasteiger partial charge in [0.2, 0.25) is 0 Å². The van der Waals surface area contributed by atoms with E-state index in [0.29, 0.717) is 18.0 Å². The number of nitrogens with one attached hydrogen (secondary N) is 1. The molecule has 0 aromatic heterocycles. The zero-order valence-corrected chi connectivity index (χ0v) is 9.43. The maximum atomic E-state index is 8.54. The Balaban J connectivity index is 2.71. The maximum Gasteiger partial charge on any atom is 0.161 e. The molecule has 2 N–H and O–H groups in total. The number of nitrogens with zero attached hydrogens (tertiary/aromatic N) is 1. The molecule has 0 fully saturated rings. The SMILES string of the molecule is COc1ccc(/C=N\NCCO)cc1OC. The Bertz CT molecular complexity index is 353. The summed E-state index contributed by atoms with van der Waals surface area (Å²) >= 11 is 0. The Morgan fingerprint density at radius 3 is 2.69 bits per heavy atom. The number of aliphatic hydroxyl groups is 1. The second-order valence-electron chi connectivity index (χ2n) is 3.00. The minimum absolute atomic E-state index is 0.0588. The number of hydrogen-bond donors (Lipinski definition) is 2. The highest BCUT2D eigenvalue weighted by atomic mass is 16.5. The fourth-order valence-electron chi connectivity index (χ4n) is 1.17. The number of benzene rings is 1. The summed E-state index contributed by atoms with van der Waals surface area (Å²) < 4.78 is 10.3. The molecule has 0 radical (unpaired) electrons. The summed E-state index contributed by atoms with van der Waals surface area (Å²) in [5.41, 5.74) is 3.59. The van der Waals surface area contributed by atoms with Crippen LogP contribution in [-0.2, 0) is 0 Å². The molecule has 0 aliphatic rings. The lowest BCUT2D eigenvalue weighted by atomic mass is 10.2. The first-order valence-electron chi connectivity index (χ1n) is 4.90. The van der Waals surface area contributed by atoms with Crippen LogP contribution in [-0.4, -0.2) is 38.7 Å². The second kappa shape index (κ2) is 6.68. The summed E-state index contributed by atoms with van der Waals surface area (Å²) in [6, 6.07) is 5.50. The molecular formula is C11H16N2O3. The van der Waals surface area contributed by atoms with E-state index in [-0.39, 0.29) is 6.61 Å². The lowest BCUT2D eigenvalue weighted by Gasteiger charge is -2.07. The molecule has 1 rings (SSSR count). The van der Waals surface area contributed by atoms with Gasteiger partial charge in [0, 0.05) is 0 Å². The molecule has 1 aromatic carbocycles. The fraction of sp³-hybridized carbons (Fsp3) is 0.364. The van der Waals surface area contributed by atoms with Crippen LogP contribution in [0.15, 0.2) is 23.3 Å². The monoisotopic (exact) mass is 224 g/mol. The molecule has 16 heavy (non-hydrogen) atoms. The lowest BCUT2D eigenvalue weighted by molar-refractivity contribution is 0.294. The minimum Gasteiger partial charge on any atom is -0.493 e. The van der Waals surface area contributed by atoms with Crippen molar-refractivity contribution >= 4 is 6.21 Å². The molecule has 0 aliphatic heterocycles. The van der Waals surface area contributed by atoms with Crippen LogP contribution in [0.1, 0.15) is 5.56 Å². The van der Waals surface area contributed by atoms with Crippen molar-refractivity contribution in [1.29, 1.82) is 0 Å². The average Bonchev–Trinajstić information content (AvgIpc) is 2.34. The third-order valence-electron chi connectivity index (χ3n) is 1.94. The third-order valence-corrected chi connectivity index (χ3v) is 1.94. The maximum absolute atomic E-state index is 8.54. The number of hydrogen-bond acceptors (Lipinski definition) is 5. The van der Waals surface area contributed by atoms with Gasteiger partial charge in [0.05, 0.1) is 33.6 Å². The topological polar surface area (TPSA) is 63.1 Å². The van der Waals surface area contributed by atoms with Crippen molar-refractivity contribution < 1.29 is 14.6 Å². The van der Waals surface area contributed by atoms with Gasteiger partial charge in [-0.3, -0.25) is 0 Å². The van der Waals surface area contributed by atoms with E-state index in [2.05, 4.69) is 10.5 Å². The van der Waals surface area contributed by atoms with Crippen LogP contribution in [0.3, 0.4) is 0 Å². The molecule has 0 atom stereocenters. The number of hydrazone groups is 1. The van der Waals surface area contributed by atoms with Crippen molar-refractivity contribution in [1.82, 2.24) is 5.43 Å². The molecule has 0 heterocycles. The van der Waals surface area contributed by atoms with Crippen LogP contribution >= 0.6 is 0 Å². The zero-order chi connectivity index (χ0) is 11.8. The van der Waals surface area contributed by atoms with E-state index in [9.17, 15) is 0 Å². The van der Waals surface area contributed by atoms with Crippen molar-refractivity contribution in [2.24, 2.45) is 5.10 Å². The summed E-state index contributed by atoms with van der Waals surface area (Å²) in [6.07, 6.45) is 1.65. The molecular weight excluding hydrogens is 208 g/mol. The van der Waals surface area contributed by atoms with Crippen LogP contribution in [0.2, 0.25) is 0 Å². The lowest BCUT2D eigenvalue weighted by Crippen LogP contribution is -2.11. The predicted octanol–water partition coefficient (Wildman–Crippen LogP) is 0.620. The van der Waals surface area contributed by atoms with Gasteiger partial charge >= 0.3 is 0 Å². The van der Waals surface area contributed by atoms with Crippen LogP contribution < -0.4 is 14.9 Å². The normalized spacial score (nSPS) is 10.4. The van der Waals surface area contributed by atoms with Gasteiger partial charge in [-0.2, -0.15) is 5.10 Å². The molecule has 0 spiro atoms. The van der Waals surface area contributed by atoms with Crippen LogP contribution in [0.25, 0.3) is 0 Å². The van der Waals surface area contributed by atoms with E-state index < -0.39 is 0 Å². The molecule has 1 aromatic rings. The van der Waals surface area contributed by atoms with Crippen molar-refractivity contribution in [3.05, 3.63) is 23.8 Å². The van der Waals surface area contributed by atoms with Gasteiger partial charge in [0.15, 0.2) is 11.5 Å². The molecule has 0 saturated carbocycles. The van der Waals surface area contributed by atoms with Gasteiger partial charge in [-0.05, 0) is 23.8 Å². The minimum atomic E-state index is 0.0588.